The summed E-state index contributed by atoms with van der Waals surface area (Å²) >= 11 is 1.37. The van der Waals surface area contributed by atoms with E-state index in [-0.39, 0.29) is 6.42 Å². The Kier molecular flexibility index (Phi) is 6.08. The van der Waals surface area contributed by atoms with E-state index in [9.17, 15) is 24.3 Å². The molecule has 1 aromatic carbocycles. The SMILES string of the molecule is CN1C=CC(=O)C(NC(=O)N[C@@H](CC(=O)O)c2ccc(-c3ccccc3)s2)C1=O. The van der Waals surface area contributed by atoms with Gasteiger partial charge in [0, 0.05) is 29.1 Å². The molecule has 1 aliphatic heterocycles. The van der Waals surface area contributed by atoms with E-state index in [1.165, 1.54) is 35.6 Å². The number of nitrogens with zero attached hydrogens (tertiary/aromatic N) is 1. The first kappa shape index (κ1) is 20.3. The van der Waals surface area contributed by atoms with Crippen LogP contribution in [0.5, 0.6) is 0 Å². The molecule has 9 heteroatoms. The zero-order valence-electron chi connectivity index (χ0n) is 15.5. The Labute approximate surface area is 170 Å². The zero-order chi connectivity index (χ0) is 21.0. The molecule has 0 bridgehead atoms. The third-order valence-corrected chi connectivity index (χ3v) is 5.58. The monoisotopic (exact) mass is 413 g/mol. The normalized spacial score (nSPS) is 17.1. The van der Waals surface area contributed by atoms with Crippen molar-refractivity contribution in [1.82, 2.24) is 15.5 Å². The second-order valence-electron chi connectivity index (χ2n) is 6.44. The van der Waals surface area contributed by atoms with Gasteiger partial charge < -0.3 is 20.6 Å². The molecule has 3 amide bonds. The van der Waals surface area contributed by atoms with Crippen LogP contribution in [0.4, 0.5) is 4.79 Å². The molecule has 3 rings (SSSR count). The van der Waals surface area contributed by atoms with Crippen LogP contribution >= 0.6 is 11.3 Å². The van der Waals surface area contributed by atoms with Gasteiger partial charge in [-0.05, 0) is 17.7 Å². The summed E-state index contributed by atoms with van der Waals surface area (Å²) in [6, 6.07) is 10.3. The number of urea groups is 1. The largest absolute Gasteiger partial charge is 0.481 e. The van der Waals surface area contributed by atoms with Crippen molar-refractivity contribution in [1.29, 1.82) is 0 Å². The molecular formula is C20H19N3O5S. The standard InChI is InChI=1S/C20H19N3O5S/c1-23-10-9-14(24)18(19(23)27)22-20(28)21-13(11-17(25)26)16-8-7-15(29-16)12-5-3-2-4-6-12/h2-10,13,18H,11H2,1H3,(H,25,26)(H2,21,22,28)/t13-,18?/m0/s1. The summed E-state index contributed by atoms with van der Waals surface area (Å²) in [5.74, 6) is -2.19. The molecule has 0 saturated carbocycles. The number of carbonyl (C=O) groups excluding carboxylic acids is 3. The Hall–Kier alpha value is -3.46. The summed E-state index contributed by atoms with van der Waals surface area (Å²) in [6.45, 7) is 0. The van der Waals surface area contributed by atoms with E-state index >= 15 is 0 Å². The molecule has 150 valence electrons. The molecule has 29 heavy (non-hydrogen) atoms. The number of nitrogens with one attached hydrogen (secondary N) is 2. The van der Waals surface area contributed by atoms with Gasteiger partial charge in [0.2, 0.25) is 0 Å². The maximum absolute atomic E-state index is 12.4. The van der Waals surface area contributed by atoms with Crippen molar-refractivity contribution in [3.05, 3.63) is 59.6 Å². The van der Waals surface area contributed by atoms with Crippen molar-refractivity contribution >= 4 is 35.0 Å². The topological polar surface area (TPSA) is 116 Å². The van der Waals surface area contributed by atoms with Crippen molar-refractivity contribution in [2.75, 3.05) is 7.05 Å². The number of benzene rings is 1. The van der Waals surface area contributed by atoms with Crippen LogP contribution in [0.15, 0.2) is 54.7 Å². The summed E-state index contributed by atoms with van der Waals surface area (Å²) < 4.78 is 0. The Morgan fingerprint density at radius 3 is 2.59 bits per heavy atom. The predicted molar refractivity (Wildman–Crippen MR) is 107 cm³/mol. The minimum Gasteiger partial charge on any atom is -0.481 e. The molecule has 3 N–H and O–H groups in total. The van der Waals surface area contributed by atoms with Crippen LogP contribution in [0.1, 0.15) is 17.3 Å². The number of rotatable bonds is 6. The highest BCUT2D eigenvalue weighted by atomic mass is 32.1. The average Bonchev–Trinajstić information content (AvgIpc) is 3.18. The number of carboxylic acids is 1. The van der Waals surface area contributed by atoms with Crippen molar-refractivity contribution in [2.45, 2.75) is 18.5 Å². The highest BCUT2D eigenvalue weighted by molar-refractivity contribution is 7.15. The lowest BCUT2D eigenvalue weighted by Crippen LogP contribution is -2.55. The number of aliphatic carboxylic acids is 1. The first-order valence-electron chi connectivity index (χ1n) is 8.78. The molecular weight excluding hydrogens is 394 g/mol. The van der Waals surface area contributed by atoms with E-state index in [0.717, 1.165) is 10.4 Å². The van der Waals surface area contributed by atoms with E-state index in [2.05, 4.69) is 10.6 Å². The van der Waals surface area contributed by atoms with Gasteiger partial charge in [-0.15, -0.1) is 11.3 Å². The van der Waals surface area contributed by atoms with E-state index in [1.54, 1.807) is 6.07 Å². The molecule has 1 aromatic heterocycles. The lowest BCUT2D eigenvalue weighted by atomic mass is 10.1. The van der Waals surface area contributed by atoms with E-state index < -0.39 is 35.8 Å². The highest BCUT2D eigenvalue weighted by Crippen LogP contribution is 2.32. The van der Waals surface area contributed by atoms with Crippen molar-refractivity contribution < 1.29 is 24.3 Å². The molecule has 2 aromatic rings. The van der Waals surface area contributed by atoms with Gasteiger partial charge in [-0.25, -0.2) is 4.79 Å². The van der Waals surface area contributed by atoms with Crippen LogP contribution in [0.25, 0.3) is 10.4 Å². The summed E-state index contributed by atoms with van der Waals surface area (Å²) in [6.07, 6.45) is 2.19. The van der Waals surface area contributed by atoms with Crippen LogP contribution in [0.3, 0.4) is 0 Å². The van der Waals surface area contributed by atoms with Crippen LogP contribution in [-0.4, -0.2) is 46.8 Å². The summed E-state index contributed by atoms with van der Waals surface area (Å²) in [4.78, 5) is 50.5. The van der Waals surface area contributed by atoms with Gasteiger partial charge in [-0.1, -0.05) is 30.3 Å². The van der Waals surface area contributed by atoms with Gasteiger partial charge in [0.05, 0.1) is 12.5 Å². The molecule has 0 spiro atoms. The maximum Gasteiger partial charge on any atom is 0.316 e. The first-order valence-corrected chi connectivity index (χ1v) is 9.59. The number of ketones is 1. The molecule has 0 aliphatic carbocycles. The minimum atomic E-state index is -1.33. The van der Waals surface area contributed by atoms with E-state index in [0.29, 0.717) is 4.88 Å². The first-order chi connectivity index (χ1) is 13.8. The Bertz CT molecular complexity index is 970. The van der Waals surface area contributed by atoms with Crippen molar-refractivity contribution in [2.24, 2.45) is 0 Å². The van der Waals surface area contributed by atoms with Crippen LogP contribution < -0.4 is 10.6 Å². The molecule has 2 heterocycles. The molecule has 2 atom stereocenters. The molecule has 0 saturated heterocycles. The molecule has 1 unspecified atom stereocenters. The highest BCUT2D eigenvalue weighted by Gasteiger charge is 2.32. The molecule has 0 fully saturated rings. The number of thiophene rings is 1. The maximum atomic E-state index is 12.4. The number of likely N-dealkylation sites (N-methyl/N-ethyl adjacent to an activating group) is 1. The van der Waals surface area contributed by atoms with Crippen molar-refractivity contribution in [3.63, 3.8) is 0 Å². The number of hydrogen-bond donors (Lipinski definition) is 3. The van der Waals surface area contributed by atoms with Crippen molar-refractivity contribution in [3.8, 4) is 10.4 Å². The van der Waals surface area contributed by atoms with Gasteiger partial charge in [-0.2, -0.15) is 0 Å². The Morgan fingerprint density at radius 2 is 1.90 bits per heavy atom. The third kappa shape index (κ3) is 4.88. The fourth-order valence-electron chi connectivity index (χ4n) is 2.84. The summed E-state index contributed by atoms with van der Waals surface area (Å²) in [5.41, 5.74) is 0.982. The van der Waals surface area contributed by atoms with Gasteiger partial charge in [0.25, 0.3) is 5.91 Å². The molecule has 1 aliphatic rings. The lowest BCUT2D eigenvalue weighted by molar-refractivity contribution is -0.138. The number of carbonyl (C=O) groups is 4. The molecule has 8 nitrogen and oxygen atoms in total. The summed E-state index contributed by atoms with van der Waals surface area (Å²) in [7, 11) is 1.47. The summed E-state index contributed by atoms with van der Waals surface area (Å²) in [5, 5.41) is 14.1. The van der Waals surface area contributed by atoms with Crippen LogP contribution in [-0.2, 0) is 14.4 Å². The smallest absolute Gasteiger partial charge is 0.316 e. The molecule has 0 radical (unpaired) electrons. The fourth-order valence-corrected chi connectivity index (χ4v) is 3.90. The van der Waals surface area contributed by atoms with Crippen LogP contribution in [0, 0.1) is 0 Å². The number of amides is 3. The van der Waals surface area contributed by atoms with Gasteiger partial charge in [0.15, 0.2) is 11.8 Å². The number of hydrogen-bond acceptors (Lipinski definition) is 5. The van der Waals surface area contributed by atoms with E-state index in [1.807, 2.05) is 36.4 Å². The van der Waals surface area contributed by atoms with Gasteiger partial charge in [0.1, 0.15) is 0 Å². The van der Waals surface area contributed by atoms with E-state index in [4.69, 9.17) is 0 Å². The predicted octanol–water partition coefficient (Wildman–Crippen LogP) is 2.15. The fraction of sp³-hybridized carbons (Fsp3) is 0.200. The quantitative estimate of drug-likeness (QED) is 0.628. The van der Waals surface area contributed by atoms with Gasteiger partial charge >= 0.3 is 12.0 Å². The third-order valence-electron chi connectivity index (χ3n) is 4.33. The Morgan fingerprint density at radius 1 is 1.17 bits per heavy atom. The van der Waals surface area contributed by atoms with Gasteiger partial charge in [-0.3, -0.25) is 14.4 Å². The second-order valence-corrected chi connectivity index (χ2v) is 7.55. The van der Waals surface area contributed by atoms with Crippen LogP contribution in [0.2, 0.25) is 0 Å². The lowest BCUT2D eigenvalue weighted by Gasteiger charge is -2.25. The number of carboxylic acid groups (broad SMARTS) is 1. The average molecular weight is 413 g/mol. The second kappa shape index (κ2) is 8.70. The Balaban J connectivity index is 1.74. The zero-order valence-corrected chi connectivity index (χ0v) is 16.3. The minimum absolute atomic E-state index is 0.339.